The number of H-pyrrole nitrogens is 1. The van der Waals surface area contributed by atoms with Gasteiger partial charge in [-0.2, -0.15) is 0 Å². The minimum Gasteiger partial charge on any atom is -0.494 e. The van der Waals surface area contributed by atoms with E-state index in [1.807, 2.05) is 74.8 Å². The van der Waals surface area contributed by atoms with Crippen LogP contribution in [0.15, 0.2) is 158 Å². The molecule has 4 heterocycles. The number of ether oxygens (including phenoxy) is 2. The van der Waals surface area contributed by atoms with Crippen LogP contribution >= 0.6 is 79.4 Å². The quantitative estimate of drug-likeness (QED) is 0.0198. The summed E-state index contributed by atoms with van der Waals surface area (Å²) in [6.45, 7) is 14.0. The molecule has 2 saturated heterocycles. The van der Waals surface area contributed by atoms with Crippen molar-refractivity contribution in [2.45, 2.75) is 103 Å². The molecule has 3 aliphatic carbocycles. The van der Waals surface area contributed by atoms with Crippen molar-refractivity contribution in [3.05, 3.63) is 180 Å². The van der Waals surface area contributed by atoms with Crippen LogP contribution in [0.4, 0.5) is 11.4 Å². The predicted octanol–water partition coefficient (Wildman–Crippen LogP) is 16.9. The van der Waals surface area contributed by atoms with E-state index in [1.54, 1.807) is 0 Å². The first-order valence-corrected chi connectivity index (χ1v) is 35.0. The predicted molar refractivity (Wildman–Crippen MR) is 399 cm³/mol. The molecule has 89 heavy (non-hydrogen) atoms. The molecule has 6 N–H and O–H groups in total. The maximum Gasteiger partial charge on any atom is 0.221 e. The van der Waals surface area contributed by atoms with E-state index in [0.717, 1.165) is 87.5 Å². The number of para-hydroxylation sites is 4. The Morgan fingerprint density at radius 3 is 1.58 bits per heavy atom. The number of likely N-dealkylation sites (N-methyl/N-ethyl adjacent to an activating group) is 2. The zero-order valence-electron chi connectivity index (χ0n) is 52.4. The highest BCUT2D eigenvalue weighted by Gasteiger charge is 2.28. The number of hydrogen-bond donors (Lipinski definition) is 5. The Morgan fingerprint density at radius 1 is 0.629 bits per heavy atom. The number of nitrogens with zero attached hydrogens (tertiary/aromatic N) is 3. The zero-order valence-corrected chi connectivity index (χ0v) is 59.7. The zero-order chi connectivity index (χ0) is 63.6. The summed E-state index contributed by atoms with van der Waals surface area (Å²) in [6, 6.07) is 54.2. The van der Waals surface area contributed by atoms with E-state index in [1.165, 1.54) is 153 Å². The van der Waals surface area contributed by atoms with Crippen molar-refractivity contribution in [1.82, 2.24) is 30.0 Å². The van der Waals surface area contributed by atoms with Gasteiger partial charge in [0.25, 0.3) is 0 Å². The Balaban J connectivity index is 0.000000176. The Bertz CT molecular complexity index is 3280. The number of nitrogens with one attached hydrogen (secondary N) is 4. The first kappa shape index (κ1) is 72.9. The molecule has 12 nitrogen and oxygen atoms in total. The van der Waals surface area contributed by atoms with E-state index in [4.69, 9.17) is 21.6 Å². The van der Waals surface area contributed by atoms with E-state index in [-0.39, 0.29) is 11.1 Å². The number of hydrogen-bond acceptors (Lipinski definition) is 9. The second-order valence-electron chi connectivity index (χ2n) is 22.6. The molecule has 0 spiro atoms. The highest BCUT2D eigenvalue weighted by Crippen LogP contribution is 2.44. The van der Waals surface area contributed by atoms with Gasteiger partial charge in [-0.1, -0.05) is 60.7 Å². The number of benzene rings is 6. The van der Waals surface area contributed by atoms with Crippen molar-refractivity contribution < 1.29 is 19.1 Å². The van der Waals surface area contributed by atoms with E-state index in [2.05, 4.69) is 218 Å². The van der Waals surface area contributed by atoms with Crippen LogP contribution in [-0.4, -0.2) is 110 Å². The molecule has 3 saturated carbocycles. The monoisotopic (exact) mass is 1560 g/mol. The van der Waals surface area contributed by atoms with Crippen LogP contribution in [0.1, 0.15) is 114 Å². The van der Waals surface area contributed by atoms with Crippen molar-refractivity contribution >= 4 is 124 Å². The third-order valence-corrected chi connectivity index (χ3v) is 17.6. The number of likely N-dealkylation sites (tertiary alicyclic amines) is 2. The van der Waals surface area contributed by atoms with Gasteiger partial charge in [-0.05, 0) is 311 Å². The van der Waals surface area contributed by atoms with Crippen molar-refractivity contribution in [3.63, 3.8) is 0 Å². The van der Waals surface area contributed by atoms with Crippen LogP contribution in [0.2, 0.25) is 0 Å². The molecule has 0 radical (unpaired) electrons. The molecule has 5 fully saturated rings. The third kappa shape index (κ3) is 28.9. The first-order valence-electron chi connectivity index (χ1n) is 31.4. The number of aromatic nitrogens is 2. The SMILES string of the molecule is C#CC1CC1.CC(=O)Cl.CC(=O)Nc1ccccc1I.CNCCNC.Ic1ccc(OCCCN2CCCC2)cc1.Nc1ccccc1I.c1ccc2[nH]c(C3CC3)cc2c1.c1ccc2c(c1)cc(C1CC1)n2-c1ccc(OCCCN2CCCC2)cc1. The summed E-state index contributed by atoms with van der Waals surface area (Å²) in [6.07, 6.45) is 20.6. The molecule has 476 valence electrons. The lowest BCUT2D eigenvalue weighted by molar-refractivity contribution is -0.114. The summed E-state index contributed by atoms with van der Waals surface area (Å²) in [7, 11) is 3.88. The molecule has 6 aromatic carbocycles. The lowest BCUT2D eigenvalue weighted by atomic mass is 10.2. The molecule has 1 amide bonds. The maximum atomic E-state index is 10.7. The molecule has 2 aromatic heterocycles. The number of rotatable bonds is 17. The number of carbonyl (C=O) groups excluding carboxylic acids is 2. The fraction of sp³-hybridized carbons (Fsp3) is 0.397. The molecular weight excluding hydrogens is 1470 g/mol. The van der Waals surface area contributed by atoms with Gasteiger partial charge < -0.3 is 50.5 Å². The Labute approximate surface area is 576 Å². The summed E-state index contributed by atoms with van der Waals surface area (Å²) in [5.74, 6) is 6.78. The number of anilines is 2. The standard InChI is InChI=1S/C24H28N2O.C13H18INO.C11H11N.C8H8INO.C6H6IN.C5H6.C4H12N2.C2H3ClO/c1-2-7-23-20(6-1)18-24(19-8-9-19)26(23)21-10-12-22(13-11-21)27-17-5-16-25-14-3-4-15-25;14-12-4-6-13(7-5-12)16-11-3-10-15-8-1-2-9-15;1-2-4-10-9(3-1)7-11(12-10)8-5-6-8;1-6(11)10-8-5-3-2-4-7(8)9;7-5-3-1-2-4-6(5)8;1-2-5-3-4-5;1-5-3-4-6-2;1-2(3)4/h1-2,6-7,10-13,18-19H,3-5,8-9,14-17H2;4-7H,1-3,8-11H2;1-4,7-8,12H,5-6H2;2-5H,1H3,(H,10,11);1-4H,8H2;1,5H,3-4H2;5-6H,3-4H2,1-2H3;1H3. The second kappa shape index (κ2) is 41.3. The van der Waals surface area contributed by atoms with Gasteiger partial charge >= 0.3 is 0 Å². The van der Waals surface area contributed by atoms with Crippen molar-refractivity contribution in [2.24, 2.45) is 5.92 Å². The fourth-order valence-corrected chi connectivity index (χ4v) is 11.0. The second-order valence-corrected chi connectivity index (χ2v) is 26.7. The van der Waals surface area contributed by atoms with E-state index >= 15 is 0 Å². The minimum absolute atomic E-state index is 0.0332. The molecule has 13 rings (SSSR count). The molecule has 16 heteroatoms. The molecule has 0 unspecified atom stereocenters. The smallest absolute Gasteiger partial charge is 0.221 e. The largest absolute Gasteiger partial charge is 0.494 e. The van der Waals surface area contributed by atoms with Gasteiger partial charge in [-0.25, -0.2) is 0 Å². The highest BCUT2D eigenvalue weighted by atomic mass is 127. The molecule has 0 bridgehead atoms. The van der Waals surface area contributed by atoms with Gasteiger partial charge in [-0.3, -0.25) is 9.59 Å². The van der Waals surface area contributed by atoms with Gasteiger partial charge in [-0.15, -0.1) is 12.3 Å². The number of aromatic amines is 1. The number of halogens is 4. The topological polar surface area (TPSA) is 142 Å². The highest BCUT2D eigenvalue weighted by molar-refractivity contribution is 14.1. The van der Waals surface area contributed by atoms with Crippen molar-refractivity contribution in [1.29, 1.82) is 0 Å². The number of nitrogen functional groups attached to an aromatic ring is 1. The number of fused-ring (bicyclic) bond motifs is 2. The Kier molecular flexibility index (Phi) is 33.8. The molecule has 5 aliphatic rings. The van der Waals surface area contributed by atoms with Gasteiger partial charge in [0.15, 0.2) is 0 Å². The van der Waals surface area contributed by atoms with E-state index in [9.17, 15) is 9.59 Å². The van der Waals surface area contributed by atoms with Gasteiger partial charge in [0.05, 0.1) is 24.4 Å². The van der Waals surface area contributed by atoms with Crippen LogP contribution in [0.25, 0.3) is 27.5 Å². The molecular formula is C73H92ClI3N8O4. The number of terminal acetylenes is 1. The maximum absolute atomic E-state index is 10.7. The lowest BCUT2D eigenvalue weighted by Gasteiger charge is -2.15. The summed E-state index contributed by atoms with van der Waals surface area (Å²) < 4.78 is 17.5. The average molecular weight is 1560 g/mol. The van der Waals surface area contributed by atoms with Gasteiger partial charge in [0.2, 0.25) is 11.1 Å². The van der Waals surface area contributed by atoms with Gasteiger partial charge in [0.1, 0.15) is 11.5 Å². The summed E-state index contributed by atoms with van der Waals surface area (Å²) in [4.78, 5) is 28.4. The number of nitrogens with two attached hydrogens (primary N) is 1. The minimum atomic E-state index is -0.361. The normalized spacial score (nSPS) is 14.7. The first-order chi connectivity index (χ1) is 43.2. The molecule has 0 atom stereocenters. The summed E-state index contributed by atoms with van der Waals surface area (Å²) in [5.41, 5.74) is 13.9. The Morgan fingerprint density at radius 2 is 1.12 bits per heavy atom. The summed E-state index contributed by atoms with van der Waals surface area (Å²) in [5, 5.41) is 11.1. The van der Waals surface area contributed by atoms with Crippen LogP contribution in [0.5, 0.6) is 11.5 Å². The Hall–Kier alpha value is -5.18. The fourth-order valence-electron chi connectivity index (χ4n) is 9.77. The lowest BCUT2D eigenvalue weighted by Crippen LogP contribution is -2.21. The summed E-state index contributed by atoms with van der Waals surface area (Å²) >= 11 is 11.3. The molecule has 8 aromatic rings. The number of amides is 1. The van der Waals surface area contributed by atoms with Crippen LogP contribution < -0.4 is 31.2 Å². The van der Waals surface area contributed by atoms with E-state index in [0.29, 0.717) is 5.92 Å². The average Bonchev–Trinajstić information content (AvgIpc) is 1.73. The van der Waals surface area contributed by atoms with Crippen LogP contribution in [0, 0.1) is 29.0 Å². The van der Waals surface area contributed by atoms with E-state index < -0.39 is 0 Å². The molecule has 2 aliphatic heterocycles. The van der Waals surface area contributed by atoms with Crippen LogP contribution in [0.3, 0.4) is 0 Å². The third-order valence-electron chi connectivity index (χ3n) is 14.9. The van der Waals surface area contributed by atoms with Gasteiger partial charge in [0, 0.05) is 90.3 Å². The van der Waals surface area contributed by atoms with Crippen molar-refractivity contribution in [3.8, 4) is 29.5 Å². The van der Waals surface area contributed by atoms with Crippen LogP contribution in [-0.2, 0) is 9.59 Å². The van der Waals surface area contributed by atoms with Crippen molar-refractivity contribution in [2.75, 3.05) is 90.7 Å². The number of carbonyl (C=O) groups is 2.